The summed E-state index contributed by atoms with van der Waals surface area (Å²) in [5.74, 6) is 0. The molecule has 0 radical (unpaired) electrons. The maximum absolute atomic E-state index is 6.44. The quantitative estimate of drug-likeness (QED) is 0.294. The molecule has 0 aliphatic carbocycles. The van der Waals surface area contributed by atoms with E-state index in [2.05, 4.69) is 6.58 Å². The molecule has 0 bridgehead atoms. The third kappa shape index (κ3) is 7.55. The van der Waals surface area contributed by atoms with Crippen LogP contribution in [0.4, 0.5) is 0 Å². The summed E-state index contributed by atoms with van der Waals surface area (Å²) in [6.07, 6.45) is 2.05. The lowest BCUT2D eigenvalue weighted by Crippen LogP contribution is -2.48. The van der Waals surface area contributed by atoms with Gasteiger partial charge in [-0.05, 0) is 16.7 Å². The van der Waals surface area contributed by atoms with Gasteiger partial charge in [-0.3, -0.25) is 0 Å². The van der Waals surface area contributed by atoms with Gasteiger partial charge in [0.2, 0.25) is 0 Å². The van der Waals surface area contributed by atoms with Crippen LogP contribution in [-0.2, 0) is 43.5 Å². The summed E-state index contributed by atoms with van der Waals surface area (Å²) in [6, 6.07) is 30.3. The zero-order valence-corrected chi connectivity index (χ0v) is 19.8. The molecule has 35 heavy (non-hydrogen) atoms. The molecule has 0 fully saturated rings. The van der Waals surface area contributed by atoms with Crippen molar-refractivity contribution in [3.63, 3.8) is 0 Å². The second-order valence-electron chi connectivity index (χ2n) is 8.32. The van der Waals surface area contributed by atoms with E-state index in [9.17, 15) is 0 Å². The maximum atomic E-state index is 6.44. The van der Waals surface area contributed by atoms with E-state index in [0.29, 0.717) is 33.0 Å². The first-order valence-corrected chi connectivity index (χ1v) is 11.8. The predicted octanol–water partition coefficient (Wildman–Crippen LogP) is 5.82. The van der Waals surface area contributed by atoms with Gasteiger partial charge in [-0.15, -0.1) is 0 Å². The van der Waals surface area contributed by atoms with Gasteiger partial charge in [-0.2, -0.15) is 0 Å². The van der Waals surface area contributed by atoms with E-state index in [0.717, 1.165) is 22.3 Å². The Labute approximate surface area is 207 Å². The summed E-state index contributed by atoms with van der Waals surface area (Å²) < 4.78 is 30.5. The highest BCUT2D eigenvalue weighted by molar-refractivity contribution is 5.18. The van der Waals surface area contributed by atoms with Crippen molar-refractivity contribution in [3.8, 4) is 0 Å². The third-order valence-corrected chi connectivity index (χ3v) is 5.74. The lowest BCUT2D eigenvalue weighted by Gasteiger charge is -2.37. The summed E-state index contributed by atoms with van der Waals surface area (Å²) in [5, 5.41) is 0. The summed E-state index contributed by atoms with van der Waals surface area (Å²) in [5.41, 5.74) is 4.13. The first-order valence-electron chi connectivity index (χ1n) is 11.8. The number of benzene rings is 3. The van der Waals surface area contributed by atoms with Crippen molar-refractivity contribution in [1.29, 1.82) is 0 Å². The summed E-state index contributed by atoms with van der Waals surface area (Å²) in [7, 11) is 0. The van der Waals surface area contributed by atoms with E-state index in [1.165, 1.54) is 6.26 Å². The van der Waals surface area contributed by atoms with E-state index in [1.54, 1.807) is 6.26 Å². The lowest BCUT2D eigenvalue weighted by molar-refractivity contribution is -0.154. The topological polar surface area (TPSA) is 46.2 Å². The Morgan fingerprint density at radius 3 is 1.80 bits per heavy atom. The minimum Gasteiger partial charge on any atom is -0.497 e. The van der Waals surface area contributed by atoms with Gasteiger partial charge in [0.25, 0.3) is 0 Å². The van der Waals surface area contributed by atoms with Crippen LogP contribution in [0.3, 0.4) is 0 Å². The van der Waals surface area contributed by atoms with Crippen molar-refractivity contribution in [2.45, 2.75) is 38.1 Å². The fourth-order valence-corrected chi connectivity index (χ4v) is 3.92. The van der Waals surface area contributed by atoms with E-state index in [1.807, 2.05) is 91.0 Å². The van der Waals surface area contributed by atoms with Gasteiger partial charge >= 0.3 is 0 Å². The number of rotatable bonds is 13. The Morgan fingerprint density at radius 1 is 0.686 bits per heavy atom. The van der Waals surface area contributed by atoms with Gasteiger partial charge in [0.15, 0.2) is 0 Å². The minimum atomic E-state index is -0.386. The van der Waals surface area contributed by atoms with E-state index in [4.69, 9.17) is 23.7 Å². The van der Waals surface area contributed by atoms with Gasteiger partial charge in [-0.25, -0.2) is 0 Å². The Kier molecular flexibility index (Phi) is 9.54. The van der Waals surface area contributed by atoms with E-state index in [-0.39, 0.29) is 18.3 Å². The Balaban J connectivity index is 1.50. The smallest absolute Gasteiger partial charge is 0.150 e. The minimum absolute atomic E-state index is 0.311. The molecule has 0 saturated heterocycles. The molecule has 0 unspecified atom stereocenters. The molecule has 0 spiro atoms. The van der Waals surface area contributed by atoms with E-state index < -0.39 is 0 Å². The van der Waals surface area contributed by atoms with Crippen molar-refractivity contribution < 1.29 is 23.7 Å². The van der Waals surface area contributed by atoms with Crippen LogP contribution in [0.5, 0.6) is 0 Å². The highest BCUT2D eigenvalue weighted by Crippen LogP contribution is 2.27. The molecule has 182 valence electrons. The SMILES string of the molecule is C=COCC1=CO[C@H](COCc2ccccc2)[C@@H](OCc2ccccc2)[C@@H]1OCc1ccccc1. The molecule has 1 aliphatic rings. The molecule has 3 aromatic rings. The van der Waals surface area contributed by atoms with Crippen molar-refractivity contribution in [3.05, 3.63) is 132 Å². The van der Waals surface area contributed by atoms with Gasteiger partial charge in [0.1, 0.15) is 24.9 Å². The second kappa shape index (κ2) is 13.5. The molecule has 1 aliphatic heterocycles. The lowest BCUT2D eigenvalue weighted by atomic mass is 9.98. The molecule has 3 atom stereocenters. The first kappa shape index (κ1) is 24.7. The molecule has 0 amide bonds. The van der Waals surface area contributed by atoms with Gasteiger partial charge < -0.3 is 23.7 Å². The molecule has 5 nitrogen and oxygen atoms in total. The van der Waals surface area contributed by atoms with Crippen LogP contribution in [0.2, 0.25) is 0 Å². The Morgan fingerprint density at radius 2 is 1.23 bits per heavy atom. The molecule has 1 heterocycles. The zero-order valence-electron chi connectivity index (χ0n) is 19.8. The number of hydrogen-bond acceptors (Lipinski definition) is 5. The summed E-state index contributed by atoms with van der Waals surface area (Å²) >= 11 is 0. The molecule has 0 N–H and O–H groups in total. The molecule has 0 aromatic heterocycles. The van der Waals surface area contributed by atoms with Crippen LogP contribution in [0, 0.1) is 0 Å². The highest BCUT2D eigenvalue weighted by Gasteiger charge is 2.39. The van der Waals surface area contributed by atoms with Crippen LogP contribution in [0.25, 0.3) is 0 Å². The van der Waals surface area contributed by atoms with Crippen LogP contribution in [0.15, 0.2) is 116 Å². The second-order valence-corrected chi connectivity index (χ2v) is 8.32. The molecule has 4 rings (SSSR count). The van der Waals surface area contributed by atoms with Crippen molar-refractivity contribution >= 4 is 0 Å². The molecule has 5 heteroatoms. The molecule has 3 aromatic carbocycles. The summed E-state index contributed by atoms with van der Waals surface area (Å²) in [6.45, 7) is 5.72. The van der Waals surface area contributed by atoms with Gasteiger partial charge in [0, 0.05) is 5.57 Å². The average Bonchev–Trinajstić information content (AvgIpc) is 2.92. The highest BCUT2D eigenvalue weighted by atomic mass is 16.6. The van der Waals surface area contributed by atoms with Crippen LogP contribution >= 0.6 is 0 Å². The molecular formula is C30H32O5. The largest absolute Gasteiger partial charge is 0.497 e. The Bertz CT molecular complexity index is 1040. The van der Waals surface area contributed by atoms with Crippen LogP contribution < -0.4 is 0 Å². The fraction of sp³-hybridized carbons (Fsp3) is 0.267. The predicted molar refractivity (Wildman–Crippen MR) is 135 cm³/mol. The van der Waals surface area contributed by atoms with Crippen molar-refractivity contribution in [1.82, 2.24) is 0 Å². The number of hydrogen-bond donors (Lipinski definition) is 0. The monoisotopic (exact) mass is 472 g/mol. The standard InChI is InChI=1S/C30H32O5/c1-2-31-21-27-22-33-28(23-32-18-24-12-6-3-7-13-24)30(35-20-26-16-10-5-11-17-26)29(27)34-19-25-14-8-4-9-15-25/h2-17,22,28-30H,1,18-21,23H2/t28-,29-,30-/m1/s1. The molecule has 0 saturated carbocycles. The fourth-order valence-electron chi connectivity index (χ4n) is 3.92. The van der Waals surface area contributed by atoms with Gasteiger partial charge in [-0.1, -0.05) is 97.6 Å². The number of ether oxygens (including phenoxy) is 5. The summed E-state index contributed by atoms with van der Waals surface area (Å²) in [4.78, 5) is 0. The maximum Gasteiger partial charge on any atom is 0.150 e. The third-order valence-electron chi connectivity index (χ3n) is 5.74. The Hall–Kier alpha value is -3.38. The normalized spacial score (nSPS) is 19.4. The van der Waals surface area contributed by atoms with E-state index >= 15 is 0 Å². The van der Waals surface area contributed by atoms with Crippen LogP contribution in [-0.4, -0.2) is 31.5 Å². The molecular weight excluding hydrogens is 440 g/mol. The zero-order chi connectivity index (χ0) is 24.1. The van der Waals surface area contributed by atoms with Crippen LogP contribution in [0.1, 0.15) is 16.7 Å². The first-order chi connectivity index (χ1) is 17.3. The van der Waals surface area contributed by atoms with Crippen molar-refractivity contribution in [2.75, 3.05) is 13.2 Å². The van der Waals surface area contributed by atoms with Gasteiger partial charge in [0.05, 0.1) is 39.0 Å². The van der Waals surface area contributed by atoms with Crippen molar-refractivity contribution in [2.24, 2.45) is 0 Å². The average molecular weight is 473 g/mol.